The van der Waals surface area contributed by atoms with Gasteiger partial charge in [0.05, 0.1) is 22.7 Å². The molecule has 7 nitrogen and oxygen atoms in total. The van der Waals surface area contributed by atoms with Crippen LogP contribution in [0.1, 0.15) is 34.8 Å². The Bertz CT molecular complexity index is 1050. The molecule has 2 aromatic carbocycles. The third-order valence-corrected chi connectivity index (χ3v) is 5.95. The Balaban J connectivity index is 0.000000185. The van der Waals surface area contributed by atoms with Gasteiger partial charge in [-0.15, -0.1) is 11.8 Å². The number of carbonyl (C=O) groups excluding carboxylic acids is 1. The molecule has 31 heavy (non-hydrogen) atoms. The van der Waals surface area contributed by atoms with Gasteiger partial charge in [0.25, 0.3) is 0 Å². The van der Waals surface area contributed by atoms with Crippen molar-refractivity contribution in [3.8, 4) is 0 Å². The van der Waals surface area contributed by atoms with E-state index in [1.807, 2.05) is 11.8 Å². The third kappa shape index (κ3) is 6.05. The van der Waals surface area contributed by atoms with Gasteiger partial charge in [-0.05, 0) is 53.6 Å². The summed E-state index contributed by atoms with van der Waals surface area (Å²) in [5.41, 5.74) is 4.22. The number of aliphatic imine (C=N–C) groups is 1. The average molecular weight is 458 g/mol. The molecule has 0 unspecified atom stereocenters. The number of thioether (sulfide) groups is 1. The van der Waals surface area contributed by atoms with E-state index < -0.39 is 12.1 Å². The highest BCUT2D eigenvalue weighted by Crippen LogP contribution is 2.32. The first-order valence-corrected chi connectivity index (χ1v) is 11.2. The smallest absolute Gasteiger partial charge is 0.413 e. The molecule has 162 valence electrons. The Morgan fingerprint density at radius 1 is 1.23 bits per heavy atom. The molecule has 0 bridgehead atoms. The molecule has 1 amide bonds. The van der Waals surface area contributed by atoms with Gasteiger partial charge in [0.15, 0.2) is 0 Å². The molecule has 4 rings (SSSR count). The van der Waals surface area contributed by atoms with Crippen LogP contribution in [0.3, 0.4) is 0 Å². The molecule has 9 heteroatoms. The summed E-state index contributed by atoms with van der Waals surface area (Å²) in [6.45, 7) is 2.16. The van der Waals surface area contributed by atoms with Gasteiger partial charge in [-0.2, -0.15) is 0 Å². The predicted octanol–water partition coefficient (Wildman–Crippen LogP) is 4.81. The van der Waals surface area contributed by atoms with Crippen LogP contribution in [0.2, 0.25) is 0 Å². The molecule has 0 fully saturated rings. The number of hydrogen-bond acceptors (Lipinski definition) is 6. The summed E-state index contributed by atoms with van der Waals surface area (Å²) in [6, 6.07) is 11.2. The molecule has 2 aromatic rings. The van der Waals surface area contributed by atoms with Crippen molar-refractivity contribution in [1.29, 1.82) is 0 Å². The van der Waals surface area contributed by atoms with Gasteiger partial charge >= 0.3 is 12.1 Å². The Labute approximate surface area is 190 Å². The Morgan fingerprint density at radius 2 is 2.03 bits per heavy atom. The number of amides is 1. The SMILES string of the molecule is CCCSc1ccc2c(c1)N=C(OC(=O)NC)C2.O=C(O)c1ccc2c(c1)CC(=S)N2. The molecule has 3 N–H and O–H groups in total. The number of benzene rings is 2. The number of alkyl carbamates (subject to hydrolysis) is 1. The van der Waals surface area contributed by atoms with Crippen LogP contribution in [0, 0.1) is 0 Å². The summed E-state index contributed by atoms with van der Waals surface area (Å²) in [4.78, 5) is 28.0. The first kappa shape index (κ1) is 22.8. The van der Waals surface area contributed by atoms with Crippen molar-refractivity contribution in [3.63, 3.8) is 0 Å². The quantitative estimate of drug-likeness (QED) is 0.447. The van der Waals surface area contributed by atoms with Gasteiger partial charge in [-0.3, -0.25) is 0 Å². The minimum absolute atomic E-state index is 0.310. The maximum Gasteiger partial charge on any atom is 0.413 e. The first-order chi connectivity index (χ1) is 14.9. The largest absolute Gasteiger partial charge is 0.478 e. The van der Waals surface area contributed by atoms with Crippen molar-refractivity contribution in [2.45, 2.75) is 31.1 Å². The van der Waals surface area contributed by atoms with Gasteiger partial charge in [-0.1, -0.05) is 25.2 Å². The fourth-order valence-corrected chi connectivity index (χ4v) is 4.09. The normalized spacial score (nSPS) is 13.2. The molecule has 0 atom stereocenters. The summed E-state index contributed by atoms with van der Waals surface area (Å²) >= 11 is 6.79. The second-order valence-corrected chi connectivity index (χ2v) is 8.52. The number of thiocarbonyl (C=S) groups is 1. The highest BCUT2D eigenvalue weighted by molar-refractivity contribution is 7.99. The number of ether oxygens (including phenoxy) is 1. The number of carboxylic acid groups (broad SMARTS) is 1. The maximum absolute atomic E-state index is 11.1. The van der Waals surface area contributed by atoms with E-state index in [1.54, 1.807) is 18.2 Å². The van der Waals surface area contributed by atoms with E-state index >= 15 is 0 Å². The monoisotopic (exact) mass is 457 g/mol. The molecule has 0 radical (unpaired) electrons. The van der Waals surface area contributed by atoms with E-state index in [9.17, 15) is 9.59 Å². The fourth-order valence-electron chi connectivity index (χ4n) is 3.02. The number of fused-ring (bicyclic) bond motifs is 2. The number of carbonyl (C=O) groups is 2. The number of nitrogens with one attached hydrogen (secondary N) is 2. The lowest BCUT2D eigenvalue weighted by Crippen LogP contribution is -2.22. The zero-order chi connectivity index (χ0) is 22.4. The first-order valence-electron chi connectivity index (χ1n) is 9.78. The Morgan fingerprint density at radius 3 is 2.74 bits per heavy atom. The van der Waals surface area contributed by atoms with E-state index in [4.69, 9.17) is 22.1 Å². The molecule has 2 aliphatic rings. The minimum atomic E-state index is -0.902. The van der Waals surface area contributed by atoms with Crippen LogP contribution >= 0.6 is 24.0 Å². The molecule has 0 aromatic heterocycles. The average Bonchev–Trinajstić information content (AvgIpc) is 3.32. The number of carboxylic acids is 1. The summed E-state index contributed by atoms with van der Waals surface area (Å²) in [5, 5.41) is 14.1. The minimum Gasteiger partial charge on any atom is -0.478 e. The predicted molar refractivity (Wildman–Crippen MR) is 127 cm³/mol. The molecule has 2 heterocycles. The Hall–Kier alpha value is -2.91. The van der Waals surface area contributed by atoms with Gasteiger partial charge in [0, 0.05) is 24.1 Å². The molecule has 0 saturated carbocycles. The van der Waals surface area contributed by atoms with Crippen LogP contribution in [0.4, 0.5) is 16.2 Å². The maximum atomic E-state index is 11.1. The summed E-state index contributed by atoms with van der Waals surface area (Å²) in [6.07, 6.45) is 1.91. The topological polar surface area (TPSA) is 100 Å². The highest BCUT2D eigenvalue weighted by atomic mass is 32.2. The van der Waals surface area contributed by atoms with E-state index in [2.05, 4.69) is 40.7 Å². The van der Waals surface area contributed by atoms with Crippen molar-refractivity contribution < 1.29 is 19.4 Å². The van der Waals surface area contributed by atoms with Gasteiger partial charge < -0.3 is 20.5 Å². The lowest BCUT2D eigenvalue weighted by molar-refractivity contribution is 0.0696. The van der Waals surface area contributed by atoms with Crippen LogP contribution in [0.5, 0.6) is 0 Å². The van der Waals surface area contributed by atoms with Crippen molar-refractivity contribution in [1.82, 2.24) is 5.32 Å². The molecule has 0 saturated heterocycles. The molecular formula is C22H23N3O4S2. The second-order valence-electron chi connectivity index (χ2n) is 6.86. The third-order valence-electron chi connectivity index (χ3n) is 4.51. The highest BCUT2D eigenvalue weighted by Gasteiger charge is 2.18. The molecule has 0 spiro atoms. The van der Waals surface area contributed by atoms with Crippen molar-refractivity contribution in [2.24, 2.45) is 4.99 Å². The van der Waals surface area contributed by atoms with E-state index in [1.165, 1.54) is 11.9 Å². The molecule has 0 aliphatic carbocycles. The lowest BCUT2D eigenvalue weighted by atomic mass is 10.1. The van der Waals surface area contributed by atoms with Crippen LogP contribution in [-0.2, 0) is 17.6 Å². The van der Waals surface area contributed by atoms with Crippen LogP contribution in [0.25, 0.3) is 0 Å². The standard InChI is InChI=1S/C13H16N2O2S.C9H7NO2S/c1-3-6-18-10-5-4-9-7-12(15-11(9)8-10)17-13(16)14-2;11-9(12)5-1-2-7-6(3-5)4-8(13)10-7/h4-5,8H,3,6-7H2,1-2H3,(H,14,16);1-3H,4H2,(H,10,13)(H,11,12). The number of hydrogen-bond donors (Lipinski definition) is 3. The van der Waals surface area contributed by atoms with E-state index in [0.717, 1.165) is 39.7 Å². The van der Waals surface area contributed by atoms with Gasteiger partial charge in [0.2, 0.25) is 5.90 Å². The Kier molecular flexibility index (Phi) is 7.64. The number of aromatic carboxylic acids is 1. The van der Waals surface area contributed by atoms with Crippen LogP contribution < -0.4 is 10.6 Å². The fraction of sp³-hybridized carbons (Fsp3) is 0.273. The van der Waals surface area contributed by atoms with Gasteiger partial charge in [0.1, 0.15) is 0 Å². The zero-order valence-corrected chi connectivity index (χ0v) is 18.9. The van der Waals surface area contributed by atoms with Crippen molar-refractivity contribution >= 4 is 58.3 Å². The number of anilines is 1. The van der Waals surface area contributed by atoms with Crippen molar-refractivity contribution in [3.05, 3.63) is 53.1 Å². The zero-order valence-electron chi connectivity index (χ0n) is 17.2. The lowest BCUT2D eigenvalue weighted by Gasteiger charge is -2.02. The molecular weight excluding hydrogens is 434 g/mol. The number of rotatable bonds is 4. The van der Waals surface area contributed by atoms with E-state index in [-0.39, 0.29) is 0 Å². The summed E-state index contributed by atoms with van der Waals surface area (Å²) < 4.78 is 5.06. The van der Waals surface area contributed by atoms with Crippen LogP contribution in [0.15, 0.2) is 46.3 Å². The second kappa shape index (κ2) is 10.4. The summed E-state index contributed by atoms with van der Waals surface area (Å²) in [7, 11) is 1.53. The molecule has 2 aliphatic heterocycles. The van der Waals surface area contributed by atoms with Crippen LogP contribution in [-0.4, -0.2) is 40.9 Å². The van der Waals surface area contributed by atoms with Gasteiger partial charge in [-0.25, -0.2) is 14.6 Å². The van der Waals surface area contributed by atoms with Crippen molar-refractivity contribution in [2.75, 3.05) is 18.1 Å². The number of nitrogens with zero attached hydrogens (tertiary/aromatic N) is 1. The summed E-state index contributed by atoms with van der Waals surface area (Å²) in [5.74, 6) is 0.659. The van der Waals surface area contributed by atoms with E-state index in [0.29, 0.717) is 24.3 Å².